The van der Waals surface area contributed by atoms with Crippen molar-refractivity contribution in [3.63, 3.8) is 0 Å². The number of carbonyl (C=O) groups excluding carboxylic acids is 4. The Labute approximate surface area is 215 Å². The highest BCUT2D eigenvalue weighted by Crippen LogP contribution is 2.31. The van der Waals surface area contributed by atoms with Gasteiger partial charge in [0.2, 0.25) is 0 Å². The largest absolute Gasteiger partial charge is 0.426 e. The van der Waals surface area contributed by atoms with Crippen molar-refractivity contribution in [3.05, 3.63) is 79.7 Å². The second-order valence-corrected chi connectivity index (χ2v) is 8.51. The first-order valence-electron chi connectivity index (χ1n) is 11.9. The fourth-order valence-corrected chi connectivity index (χ4v) is 4.14. The summed E-state index contributed by atoms with van der Waals surface area (Å²) < 4.78 is 10.5. The maximum absolute atomic E-state index is 12.6. The molecule has 3 amide bonds. The third kappa shape index (κ3) is 5.28. The summed E-state index contributed by atoms with van der Waals surface area (Å²) in [5, 5.41) is 14.2. The van der Waals surface area contributed by atoms with Crippen LogP contribution >= 0.6 is 0 Å². The summed E-state index contributed by atoms with van der Waals surface area (Å²) in [5.74, 6) is -2.17. The van der Waals surface area contributed by atoms with Crippen molar-refractivity contribution < 1.29 is 33.3 Å². The van der Waals surface area contributed by atoms with E-state index in [1.54, 1.807) is 13.0 Å². The van der Waals surface area contributed by atoms with Gasteiger partial charge in [0.1, 0.15) is 22.5 Å². The van der Waals surface area contributed by atoms with Crippen LogP contribution in [0.2, 0.25) is 0 Å². The Kier molecular flexibility index (Phi) is 7.61. The Balaban J connectivity index is 1.27. The van der Waals surface area contributed by atoms with Gasteiger partial charge in [-0.1, -0.05) is 12.5 Å². The van der Waals surface area contributed by atoms with Gasteiger partial charge in [0, 0.05) is 37.0 Å². The molecule has 0 bridgehead atoms. The van der Waals surface area contributed by atoms with Gasteiger partial charge in [-0.25, -0.2) is 4.79 Å². The Morgan fingerprint density at radius 1 is 1.05 bits per heavy atom. The number of imide groups is 1. The number of carbonyl (C=O) groups is 4. The Bertz CT molecular complexity index is 1530. The Morgan fingerprint density at radius 3 is 2.58 bits per heavy atom. The number of nitro groups is 1. The smallest absolute Gasteiger partial charge is 0.349 e. The molecule has 2 aromatic carbocycles. The van der Waals surface area contributed by atoms with Crippen molar-refractivity contribution in [2.45, 2.75) is 32.6 Å². The summed E-state index contributed by atoms with van der Waals surface area (Å²) in [6.07, 6.45) is 1.38. The highest BCUT2D eigenvalue weighted by atomic mass is 16.6. The second kappa shape index (κ2) is 11.0. The zero-order chi connectivity index (χ0) is 27.4. The topological polar surface area (TPSA) is 166 Å². The number of hydrogen-bond acceptors (Lipinski definition) is 9. The van der Waals surface area contributed by atoms with E-state index >= 15 is 0 Å². The minimum absolute atomic E-state index is 0.0134. The van der Waals surface area contributed by atoms with Gasteiger partial charge in [0.05, 0.1) is 10.5 Å². The molecule has 0 unspecified atom stereocenters. The van der Waals surface area contributed by atoms with Crippen LogP contribution in [0, 0.1) is 10.1 Å². The molecule has 38 heavy (non-hydrogen) atoms. The van der Waals surface area contributed by atoms with Crippen molar-refractivity contribution in [1.82, 2.24) is 10.2 Å². The van der Waals surface area contributed by atoms with Crippen LogP contribution in [0.4, 0.5) is 5.69 Å². The summed E-state index contributed by atoms with van der Waals surface area (Å²) in [7, 11) is 0. The molecule has 0 fully saturated rings. The molecule has 196 valence electrons. The van der Waals surface area contributed by atoms with Gasteiger partial charge in [-0.2, -0.15) is 0 Å². The molecule has 4 rings (SSSR count). The number of esters is 1. The fourth-order valence-electron chi connectivity index (χ4n) is 4.14. The van der Waals surface area contributed by atoms with Crippen LogP contribution in [-0.4, -0.2) is 46.6 Å². The van der Waals surface area contributed by atoms with Crippen LogP contribution < -0.4 is 15.7 Å². The summed E-state index contributed by atoms with van der Waals surface area (Å²) >= 11 is 0. The van der Waals surface area contributed by atoms with Crippen LogP contribution in [0.5, 0.6) is 5.75 Å². The van der Waals surface area contributed by atoms with Gasteiger partial charge in [0.15, 0.2) is 0 Å². The molecule has 0 radical (unpaired) electrons. The van der Waals surface area contributed by atoms with Gasteiger partial charge < -0.3 is 14.5 Å². The number of hydrogen-bond donors (Lipinski definition) is 1. The maximum Gasteiger partial charge on any atom is 0.349 e. The van der Waals surface area contributed by atoms with E-state index in [0.717, 1.165) is 4.90 Å². The molecular weight excluding hydrogens is 498 g/mol. The third-order valence-corrected chi connectivity index (χ3v) is 5.96. The normalized spacial score (nSPS) is 12.5. The number of nitrogens with one attached hydrogen (secondary N) is 1. The monoisotopic (exact) mass is 521 g/mol. The van der Waals surface area contributed by atoms with E-state index in [9.17, 15) is 34.1 Å². The van der Waals surface area contributed by atoms with Crippen molar-refractivity contribution in [2.75, 3.05) is 13.1 Å². The van der Waals surface area contributed by atoms with E-state index in [4.69, 9.17) is 9.15 Å². The third-order valence-electron chi connectivity index (χ3n) is 5.96. The van der Waals surface area contributed by atoms with Crippen molar-refractivity contribution in [3.8, 4) is 5.75 Å². The second-order valence-electron chi connectivity index (χ2n) is 8.51. The van der Waals surface area contributed by atoms with Crippen molar-refractivity contribution >= 4 is 40.3 Å². The molecule has 0 atom stereocenters. The van der Waals surface area contributed by atoms with E-state index in [-0.39, 0.29) is 41.0 Å². The van der Waals surface area contributed by atoms with Crippen LogP contribution in [0.3, 0.4) is 0 Å². The quantitative estimate of drug-likeness (QED) is 0.0801. The van der Waals surface area contributed by atoms with Crippen molar-refractivity contribution in [1.29, 1.82) is 0 Å². The number of amides is 3. The summed E-state index contributed by atoms with van der Waals surface area (Å²) in [4.78, 5) is 72.9. The molecule has 2 heterocycles. The van der Waals surface area contributed by atoms with Crippen LogP contribution in [0.15, 0.2) is 51.7 Å². The number of nitro benzene ring substituents is 1. The highest BCUT2D eigenvalue weighted by molar-refractivity contribution is 6.23. The molecule has 1 aliphatic heterocycles. The van der Waals surface area contributed by atoms with Crippen LogP contribution in [0.1, 0.15) is 63.7 Å². The lowest BCUT2D eigenvalue weighted by Gasteiger charge is -2.13. The molecule has 1 aromatic heterocycles. The van der Waals surface area contributed by atoms with Gasteiger partial charge in [-0.3, -0.25) is 34.2 Å². The lowest BCUT2D eigenvalue weighted by molar-refractivity contribution is -0.385. The molecular formula is C26H23N3O9. The predicted octanol–water partition coefficient (Wildman–Crippen LogP) is 3.21. The minimum atomic E-state index is -0.806. The van der Waals surface area contributed by atoms with E-state index < -0.39 is 39.9 Å². The van der Waals surface area contributed by atoms with E-state index in [1.165, 1.54) is 36.4 Å². The first-order valence-corrected chi connectivity index (χ1v) is 11.9. The molecule has 12 nitrogen and oxygen atoms in total. The molecule has 0 spiro atoms. The Hall–Kier alpha value is -4.87. The Morgan fingerprint density at radius 2 is 1.84 bits per heavy atom. The minimum Gasteiger partial charge on any atom is -0.426 e. The summed E-state index contributed by atoms with van der Waals surface area (Å²) in [6, 6.07) is 9.81. The zero-order valence-corrected chi connectivity index (χ0v) is 20.4. The fraction of sp³-hybridized carbons (Fsp3) is 0.269. The van der Waals surface area contributed by atoms with Gasteiger partial charge >= 0.3 is 11.6 Å². The number of unbranched alkanes of at least 4 members (excludes halogenated alkanes) is 2. The van der Waals surface area contributed by atoms with E-state index in [2.05, 4.69) is 5.32 Å². The van der Waals surface area contributed by atoms with Crippen LogP contribution in [0.25, 0.3) is 11.0 Å². The summed E-state index contributed by atoms with van der Waals surface area (Å²) in [6.45, 7) is 2.16. The number of nitrogens with zero attached hydrogens (tertiary/aromatic N) is 2. The molecule has 1 N–H and O–H groups in total. The van der Waals surface area contributed by atoms with Crippen LogP contribution in [-0.2, 0) is 4.79 Å². The SMILES string of the molecule is CCNC(=O)c1cc2ccc(OC(=O)CCCCCN3C(=O)c4cccc([N+](=O)[O-])c4C3=O)cc2oc1=O. The molecule has 0 saturated carbocycles. The lowest BCUT2D eigenvalue weighted by Crippen LogP contribution is -2.30. The van der Waals surface area contributed by atoms with E-state index in [1.807, 2.05) is 0 Å². The first-order chi connectivity index (χ1) is 18.2. The molecule has 0 saturated heterocycles. The number of rotatable bonds is 10. The van der Waals surface area contributed by atoms with Gasteiger partial charge in [0.25, 0.3) is 23.4 Å². The van der Waals surface area contributed by atoms with Gasteiger partial charge in [-0.05, 0) is 44.0 Å². The first kappa shape index (κ1) is 26.2. The average Bonchev–Trinajstić information content (AvgIpc) is 3.12. The average molecular weight is 521 g/mol. The zero-order valence-electron chi connectivity index (χ0n) is 20.4. The summed E-state index contributed by atoms with van der Waals surface area (Å²) in [5.41, 5.74) is -1.35. The number of benzene rings is 2. The standard InChI is InChI=1S/C26H23N3O9/c1-2-27-23(31)18-13-15-10-11-16(14-20(15)38-26(18)34)37-21(30)9-4-3-5-12-28-24(32)17-7-6-8-19(29(35)36)22(17)25(28)33/h6-8,10-11,13-14H,2-5,9,12H2,1H3,(H,27,31). The van der Waals surface area contributed by atoms with E-state index in [0.29, 0.717) is 31.2 Å². The van der Waals surface area contributed by atoms with Crippen molar-refractivity contribution in [2.24, 2.45) is 0 Å². The predicted molar refractivity (Wildman–Crippen MR) is 133 cm³/mol. The number of ether oxygens (including phenoxy) is 1. The lowest BCUT2D eigenvalue weighted by atomic mass is 10.1. The molecule has 12 heteroatoms. The molecule has 1 aliphatic rings. The number of fused-ring (bicyclic) bond motifs is 2. The molecule has 3 aromatic rings. The maximum atomic E-state index is 12.6. The highest BCUT2D eigenvalue weighted by Gasteiger charge is 2.40. The van der Waals surface area contributed by atoms with Gasteiger partial charge in [-0.15, -0.1) is 0 Å². The molecule has 0 aliphatic carbocycles.